The van der Waals surface area contributed by atoms with Crippen LogP contribution in [-0.2, 0) is 4.74 Å². The van der Waals surface area contributed by atoms with Crippen molar-refractivity contribution in [2.45, 2.75) is 38.6 Å². The fourth-order valence-electron chi connectivity index (χ4n) is 3.45. The number of nitrogens with zero attached hydrogens (tertiary/aromatic N) is 2. The number of rotatable bonds is 11. The van der Waals surface area contributed by atoms with Crippen molar-refractivity contribution in [1.82, 2.24) is 15.5 Å². The summed E-state index contributed by atoms with van der Waals surface area (Å²) in [7, 11) is 3.55. The number of ether oxygens (including phenoxy) is 2. The first-order chi connectivity index (χ1) is 13.3. The molecular formula is C21H36N4O2. The molecule has 0 spiro atoms. The lowest BCUT2D eigenvalue weighted by Crippen LogP contribution is -2.43. The molecule has 1 atom stereocenters. The number of likely N-dealkylation sites (tertiary alicyclic amines) is 1. The summed E-state index contributed by atoms with van der Waals surface area (Å²) in [4.78, 5) is 6.92. The highest BCUT2D eigenvalue weighted by atomic mass is 16.5. The van der Waals surface area contributed by atoms with Crippen molar-refractivity contribution in [3.8, 4) is 5.75 Å². The van der Waals surface area contributed by atoms with Gasteiger partial charge in [-0.25, -0.2) is 0 Å². The molecule has 1 aromatic rings. The summed E-state index contributed by atoms with van der Waals surface area (Å²) >= 11 is 0. The van der Waals surface area contributed by atoms with E-state index in [4.69, 9.17) is 9.47 Å². The highest BCUT2D eigenvalue weighted by Crippen LogP contribution is 2.27. The van der Waals surface area contributed by atoms with Gasteiger partial charge in [0.2, 0.25) is 0 Å². The number of methoxy groups -OCH3 is 1. The van der Waals surface area contributed by atoms with Crippen LogP contribution in [0.3, 0.4) is 0 Å². The molecule has 0 amide bonds. The number of unbranched alkanes of at least 4 members (excludes halogenated alkanes) is 1. The Kier molecular flexibility index (Phi) is 10.0. The maximum Gasteiger partial charge on any atom is 0.191 e. The van der Waals surface area contributed by atoms with Crippen molar-refractivity contribution in [2.75, 3.05) is 53.6 Å². The van der Waals surface area contributed by atoms with E-state index in [0.717, 1.165) is 63.9 Å². The second-order valence-electron chi connectivity index (χ2n) is 6.82. The van der Waals surface area contributed by atoms with Gasteiger partial charge in [0.05, 0.1) is 13.2 Å². The fraction of sp³-hybridized carbons (Fsp3) is 0.667. The molecule has 0 radical (unpaired) electrons. The van der Waals surface area contributed by atoms with Gasteiger partial charge in [0, 0.05) is 33.4 Å². The molecule has 2 rings (SSSR count). The van der Waals surface area contributed by atoms with Gasteiger partial charge in [-0.15, -0.1) is 0 Å². The molecule has 1 aliphatic rings. The van der Waals surface area contributed by atoms with Crippen molar-refractivity contribution in [3.05, 3.63) is 29.8 Å². The molecule has 1 fully saturated rings. The Hall–Kier alpha value is -1.79. The lowest BCUT2D eigenvalue weighted by Gasteiger charge is -2.29. The monoisotopic (exact) mass is 376 g/mol. The Morgan fingerprint density at radius 1 is 1.22 bits per heavy atom. The molecule has 0 bridgehead atoms. The second kappa shape index (κ2) is 12.6. The molecule has 152 valence electrons. The zero-order valence-corrected chi connectivity index (χ0v) is 17.2. The van der Waals surface area contributed by atoms with Crippen LogP contribution in [0, 0.1) is 0 Å². The summed E-state index contributed by atoms with van der Waals surface area (Å²) in [6.45, 7) is 7.67. The van der Waals surface area contributed by atoms with Gasteiger partial charge in [0.15, 0.2) is 5.96 Å². The van der Waals surface area contributed by atoms with Crippen LogP contribution < -0.4 is 15.4 Å². The van der Waals surface area contributed by atoms with E-state index >= 15 is 0 Å². The second-order valence-corrected chi connectivity index (χ2v) is 6.82. The van der Waals surface area contributed by atoms with Crippen LogP contribution in [0.25, 0.3) is 0 Å². The Bertz CT molecular complexity index is 559. The molecular weight excluding hydrogens is 340 g/mol. The van der Waals surface area contributed by atoms with Crippen LogP contribution in [0.1, 0.15) is 44.2 Å². The predicted molar refractivity (Wildman–Crippen MR) is 112 cm³/mol. The average molecular weight is 377 g/mol. The van der Waals surface area contributed by atoms with Gasteiger partial charge in [-0.3, -0.25) is 9.89 Å². The zero-order chi connectivity index (χ0) is 19.3. The third-order valence-corrected chi connectivity index (χ3v) is 4.96. The molecule has 1 unspecified atom stereocenters. The molecule has 6 nitrogen and oxygen atoms in total. The highest BCUT2D eigenvalue weighted by molar-refractivity contribution is 5.79. The van der Waals surface area contributed by atoms with Gasteiger partial charge < -0.3 is 20.1 Å². The van der Waals surface area contributed by atoms with Crippen molar-refractivity contribution in [1.29, 1.82) is 0 Å². The first-order valence-corrected chi connectivity index (χ1v) is 10.2. The van der Waals surface area contributed by atoms with Crippen LogP contribution in [0.15, 0.2) is 29.3 Å². The molecule has 0 aromatic heterocycles. The Balaban J connectivity index is 1.88. The van der Waals surface area contributed by atoms with Crippen LogP contribution in [-0.4, -0.2) is 64.4 Å². The topological polar surface area (TPSA) is 58.1 Å². The van der Waals surface area contributed by atoms with Crippen LogP contribution >= 0.6 is 0 Å². The van der Waals surface area contributed by atoms with E-state index in [2.05, 4.69) is 38.7 Å². The van der Waals surface area contributed by atoms with E-state index < -0.39 is 0 Å². The zero-order valence-electron chi connectivity index (χ0n) is 17.2. The van der Waals surface area contributed by atoms with Crippen molar-refractivity contribution < 1.29 is 9.47 Å². The maximum atomic E-state index is 5.42. The van der Waals surface area contributed by atoms with E-state index in [1.807, 2.05) is 20.0 Å². The first-order valence-electron chi connectivity index (χ1n) is 10.2. The standard InChI is InChI=1S/C21H36N4O2/c1-4-27-15-8-5-12-23-21(22-2)24-17-20(25-13-6-7-14-25)18-10-9-11-19(16-18)26-3/h9-11,16,20H,4-8,12-15,17H2,1-3H3,(H2,22,23,24). The van der Waals surface area contributed by atoms with Gasteiger partial charge in [0.25, 0.3) is 0 Å². The van der Waals surface area contributed by atoms with Crippen molar-refractivity contribution in [3.63, 3.8) is 0 Å². The molecule has 1 aliphatic heterocycles. The summed E-state index contributed by atoms with van der Waals surface area (Å²) < 4.78 is 10.8. The number of benzene rings is 1. The highest BCUT2D eigenvalue weighted by Gasteiger charge is 2.24. The van der Waals surface area contributed by atoms with E-state index in [-0.39, 0.29) is 0 Å². The van der Waals surface area contributed by atoms with E-state index in [0.29, 0.717) is 6.04 Å². The van der Waals surface area contributed by atoms with Gasteiger partial charge in [-0.2, -0.15) is 0 Å². The number of guanidine groups is 1. The number of nitrogens with one attached hydrogen (secondary N) is 2. The van der Waals surface area contributed by atoms with Crippen molar-refractivity contribution in [2.24, 2.45) is 4.99 Å². The smallest absolute Gasteiger partial charge is 0.191 e. The van der Waals surface area contributed by atoms with Gasteiger partial charge >= 0.3 is 0 Å². The minimum atomic E-state index is 0.319. The molecule has 1 saturated heterocycles. The fourth-order valence-corrected chi connectivity index (χ4v) is 3.45. The molecule has 1 aromatic carbocycles. The summed E-state index contributed by atoms with van der Waals surface area (Å²) in [6, 6.07) is 8.73. The average Bonchev–Trinajstić information content (AvgIpc) is 3.23. The molecule has 27 heavy (non-hydrogen) atoms. The van der Waals surface area contributed by atoms with E-state index in [1.165, 1.54) is 18.4 Å². The number of aliphatic imine (C=N–C) groups is 1. The summed E-state index contributed by atoms with van der Waals surface area (Å²) in [5.74, 6) is 1.77. The maximum absolute atomic E-state index is 5.42. The Morgan fingerprint density at radius 3 is 2.74 bits per heavy atom. The normalized spacial score (nSPS) is 16.3. The van der Waals surface area contributed by atoms with Crippen molar-refractivity contribution >= 4 is 5.96 Å². The third kappa shape index (κ3) is 7.39. The van der Waals surface area contributed by atoms with Crippen LogP contribution in [0.2, 0.25) is 0 Å². The summed E-state index contributed by atoms with van der Waals surface area (Å²) in [6.07, 6.45) is 4.69. The summed E-state index contributed by atoms with van der Waals surface area (Å²) in [5.41, 5.74) is 1.29. The third-order valence-electron chi connectivity index (χ3n) is 4.96. The van der Waals surface area contributed by atoms with Gasteiger partial charge in [0.1, 0.15) is 5.75 Å². The minimum Gasteiger partial charge on any atom is -0.497 e. The van der Waals surface area contributed by atoms with Gasteiger partial charge in [-0.05, 0) is 63.4 Å². The van der Waals surface area contributed by atoms with E-state index in [9.17, 15) is 0 Å². The molecule has 0 aliphatic carbocycles. The molecule has 0 saturated carbocycles. The Morgan fingerprint density at radius 2 is 2.04 bits per heavy atom. The lowest BCUT2D eigenvalue weighted by atomic mass is 10.1. The number of hydrogen-bond acceptors (Lipinski definition) is 4. The predicted octanol–water partition coefficient (Wildman–Crippen LogP) is 2.81. The minimum absolute atomic E-state index is 0.319. The molecule has 1 heterocycles. The Labute approximate surface area is 164 Å². The van der Waals surface area contributed by atoms with E-state index in [1.54, 1.807) is 7.11 Å². The SMILES string of the molecule is CCOCCCCNC(=NC)NCC(c1cccc(OC)c1)N1CCCC1. The first kappa shape index (κ1) is 21.5. The number of hydrogen-bond donors (Lipinski definition) is 2. The largest absolute Gasteiger partial charge is 0.497 e. The van der Waals surface area contributed by atoms with Gasteiger partial charge in [-0.1, -0.05) is 12.1 Å². The van der Waals surface area contributed by atoms with Crippen LogP contribution in [0.4, 0.5) is 0 Å². The lowest BCUT2D eigenvalue weighted by molar-refractivity contribution is 0.143. The summed E-state index contributed by atoms with van der Waals surface area (Å²) in [5, 5.41) is 6.92. The van der Waals surface area contributed by atoms with Crippen LogP contribution in [0.5, 0.6) is 5.75 Å². The molecule has 6 heteroatoms. The quantitative estimate of drug-likeness (QED) is 0.353. The molecule has 2 N–H and O–H groups in total.